The number of likely N-dealkylation sites (N-methyl/N-ethyl adjacent to an activating group) is 1. The molecule has 15 heavy (non-hydrogen) atoms. The summed E-state index contributed by atoms with van der Waals surface area (Å²) in [5.74, 6) is 0. The van der Waals surface area contributed by atoms with Gasteiger partial charge in [0.2, 0.25) is 0 Å². The van der Waals surface area contributed by atoms with Crippen LogP contribution in [0.5, 0.6) is 0 Å². The number of nitrogens with one attached hydrogen (secondary N) is 1. The second-order valence-electron chi connectivity index (χ2n) is 3.34. The van der Waals surface area contributed by atoms with Crippen molar-refractivity contribution >= 4 is 11.3 Å². The van der Waals surface area contributed by atoms with Gasteiger partial charge in [0.15, 0.2) is 6.29 Å². The molecule has 0 spiro atoms. The Kier molecular flexibility index (Phi) is 5.86. The first-order valence-corrected chi connectivity index (χ1v) is 6.06. The van der Waals surface area contributed by atoms with Gasteiger partial charge in [0.05, 0.1) is 6.04 Å². The molecular weight excluding hydrogens is 210 g/mol. The maximum atomic E-state index is 5.28. The van der Waals surface area contributed by atoms with E-state index in [4.69, 9.17) is 9.47 Å². The molecule has 86 valence electrons. The highest BCUT2D eigenvalue weighted by Gasteiger charge is 2.20. The van der Waals surface area contributed by atoms with Gasteiger partial charge in [0, 0.05) is 14.2 Å². The van der Waals surface area contributed by atoms with Crippen LogP contribution < -0.4 is 5.32 Å². The van der Waals surface area contributed by atoms with Gasteiger partial charge in [-0.2, -0.15) is 11.3 Å². The highest BCUT2D eigenvalue weighted by molar-refractivity contribution is 7.07. The van der Waals surface area contributed by atoms with E-state index in [-0.39, 0.29) is 12.3 Å². The molecular formula is C11H19NO2S. The molecule has 0 aliphatic rings. The van der Waals surface area contributed by atoms with Crippen LogP contribution in [0, 0.1) is 0 Å². The Morgan fingerprint density at radius 3 is 2.60 bits per heavy atom. The van der Waals surface area contributed by atoms with Crippen LogP contribution in [-0.2, 0) is 15.9 Å². The summed E-state index contributed by atoms with van der Waals surface area (Å²) in [5, 5.41) is 7.63. The van der Waals surface area contributed by atoms with Crippen molar-refractivity contribution in [2.45, 2.75) is 25.7 Å². The van der Waals surface area contributed by atoms with Crippen molar-refractivity contribution in [3.8, 4) is 0 Å². The van der Waals surface area contributed by atoms with Crippen LogP contribution in [0.4, 0.5) is 0 Å². The highest BCUT2D eigenvalue weighted by Crippen LogP contribution is 2.12. The van der Waals surface area contributed by atoms with Crippen LogP contribution in [0.1, 0.15) is 12.5 Å². The van der Waals surface area contributed by atoms with E-state index < -0.39 is 0 Å². The summed E-state index contributed by atoms with van der Waals surface area (Å²) < 4.78 is 10.6. The Morgan fingerprint density at radius 1 is 1.40 bits per heavy atom. The lowest BCUT2D eigenvalue weighted by atomic mass is 10.1. The summed E-state index contributed by atoms with van der Waals surface area (Å²) in [4.78, 5) is 0. The Balaban J connectivity index is 2.56. The topological polar surface area (TPSA) is 30.5 Å². The Bertz CT molecular complexity index is 247. The van der Waals surface area contributed by atoms with Gasteiger partial charge in [-0.15, -0.1) is 0 Å². The first kappa shape index (κ1) is 12.6. The monoisotopic (exact) mass is 229 g/mol. The lowest BCUT2D eigenvalue weighted by molar-refractivity contribution is -0.122. The first-order chi connectivity index (χ1) is 7.31. The molecule has 0 bridgehead atoms. The van der Waals surface area contributed by atoms with Crippen molar-refractivity contribution in [3.63, 3.8) is 0 Å². The van der Waals surface area contributed by atoms with Gasteiger partial charge in [-0.3, -0.25) is 0 Å². The Hall–Kier alpha value is -0.420. The van der Waals surface area contributed by atoms with Crippen LogP contribution in [0.25, 0.3) is 0 Å². The van der Waals surface area contributed by atoms with Crippen molar-refractivity contribution in [3.05, 3.63) is 22.4 Å². The lowest BCUT2D eigenvalue weighted by Gasteiger charge is -2.25. The number of ether oxygens (including phenoxy) is 2. The average Bonchev–Trinajstić information content (AvgIpc) is 2.72. The molecule has 1 aromatic rings. The third-order valence-electron chi connectivity index (χ3n) is 2.30. The van der Waals surface area contributed by atoms with Gasteiger partial charge in [-0.1, -0.05) is 6.92 Å². The van der Waals surface area contributed by atoms with E-state index >= 15 is 0 Å². The third kappa shape index (κ3) is 3.91. The predicted octanol–water partition coefficient (Wildman–Crippen LogP) is 1.89. The van der Waals surface area contributed by atoms with Gasteiger partial charge in [0.1, 0.15) is 0 Å². The Labute approximate surface area is 95.4 Å². The van der Waals surface area contributed by atoms with Crippen LogP contribution in [0.15, 0.2) is 16.8 Å². The van der Waals surface area contributed by atoms with Gasteiger partial charge in [-0.05, 0) is 35.4 Å². The van der Waals surface area contributed by atoms with Crippen molar-refractivity contribution in [2.75, 3.05) is 20.8 Å². The van der Waals surface area contributed by atoms with E-state index in [1.807, 2.05) is 0 Å². The van der Waals surface area contributed by atoms with Crippen LogP contribution in [-0.4, -0.2) is 33.1 Å². The maximum Gasteiger partial charge on any atom is 0.172 e. The minimum Gasteiger partial charge on any atom is -0.354 e. The van der Waals surface area contributed by atoms with E-state index in [1.165, 1.54) is 5.56 Å². The average molecular weight is 229 g/mol. The molecule has 1 N–H and O–H groups in total. The fourth-order valence-electron chi connectivity index (χ4n) is 1.61. The molecule has 0 fully saturated rings. The summed E-state index contributed by atoms with van der Waals surface area (Å²) in [6.07, 6.45) is 0.744. The van der Waals surface area contributed by atoms with Crippen LogP contribution >= 0.6 is 11.3 Å². The molecule has 1 rings (SSSR count). The fraction of sp³-hybridized carbons (Fsp3) is 0.636. The zero-order valence-corrected chi connectivity index (χ0v) is 10.3. The summed E-state index contributed by atoms with van der Waals surface area (Å²) in [6, 6.07) is 2.34. The summed E-state index contributed by atoms with van der Waals surface area (Å²) in [6.45, 7) is 3.00. The molecule has 0 radical (unpaired) electrons. The molecule has 0 saturated carbocycles. The SMILES string of the molecule is CCNC(Cc1ccsc1)C(OC)OC. The van der Waals surface area contributed by atoms with Crippen molar-refractivity contribution in [1.82, 2.24) is 5.32 Å². The fourth-order valence-corrected chi connectivity index (χ4v) is 2.30. The number of methoxy groups -OCH3 is 2. The van der Waals surface area contributed by atoms with Crippen LogP contribution in [0.3, 0.4) is 0 Å². The van der Waals surface area contributed by atoms with E-state index in [9.17, 15) is 0 Å². The first-order valence-electron chi connectivity index (χ1n) is 5.11. The van der Waals surface area contributed by atoms with Gasteiger partial charge < -0.3 is 14.8 Å². The predicted molar refractivity (Wildman–Crippen MR) is 63.3 cm³/mol. The van der Waals surface area contributed by atoms with Gasteiger partial charge >= 0.3 is 0 Å². The van der Waals surface area contributed by atoms with Gasteiger partial charge in [-0.25, -0.2) is 0 Å². The largest absolute Gasteiger partial charge is 0.354 e. The van der Waals surface area contributed by atoms with E-state index in [1.54, 1.807) is 25.6 Å². The standard InChI is InChI=1S/C11H19NO2S/c1-4-12-10(11(13-2)14-3)7-9-5-6-15-8-9/h5-6,8,10-12H,4,7H2,1-3H3. The maximum absolute atomic E-state index is 5.28. The van der Waals surface area contributed by atoms with Crippen molar-refractivity contribution in [2.24, 2.45) is 0 Å². The molecule has 1 heterocycles. The number of hydrogen-bond donors (Lipinski definition) is 1. The second-order valence-corrected chi connectivity index (χ2v) is 4.12. The quantitative estimate of drug-likeness (QED) is 0.724. The molecule has 0 aliphatic carbocycles. The zero-order chi connectivity index (χ0) is 11.1. The van der Waals surface area contributed by atoms with Crippen molar-refractivity contribution < 1.29 is 9.47 Å². The minimum atomic E-state index is -0.190. The number of hydrogen-bond acceptors (Lipinski definition) is 4. The molecule has 1 unspecified atom stereocenters. The summed E-state index contributed by atoms with van der Waals surface area (Å²) in [7, 11) is 3.35. The number of rotatable bonds is 7. The molecule has 0 saturated heterocycles. The molecule has 0 aliphatic heterocycles. The van der Waals surface area contributed by atoms with Crippen LogP contribution in [0.2, 0.25) is 0 Å². The van der Waals surface area contributed by atoms with Gasteiger partial charge in [0.25, 0.3) is 0 Å². The Morgan fingerprint density at radius 2 is 2.13 bits per heavy atom. The highest BCUT2D eigenvalue weighted by atomic mass is 32.1. The number of thiophene rings is 1. The summed E-state index contributed by atoms with van der Waals surface area (Å²) in [5.41, 5.74) is 1.32. The molecule has 3 nitrogen and oxygen atoms in total. The lowest BCUT2D eigenvalue weighted by Crippen LogP contribution is -2.43. The molecule has 1 atom stereocenters. The molecule has 1 aromatic heterocycles. The van der Waals surface area contributed by atoms with E-state index in [0.717, 1.165) is 13.0 Å². The molecule has 4 heteroatoms. The minimum absolute atomic E-state index is 0.190. The summed E-state index contributed by atoms with van der Waals surface area (Å²) >= 11 is 1.72. The zero-order valence-electron chi connectivity index (χ0n) is 9.53. The van der Waals surface area contributed by atoms with Crippen molar-refractivity contribution in [1.29, 1.82) is 0 Å². The second kappa shape index (κ2) is 6.95. The smallest absolute Gasteiger partial charge is 0.172 e. The van der Waals surface area contributed by atoms with E-state index in [2.05, 4.69) is 29.1 Å². The van der Waals surface area contributed by atoms with E-state index in [0.29, 0.717) is 0 Å². The third-order valence-corrected chi connectivity index (χ3v) is 3.03. The molecule has 0 aromatic carbocycles. The molecule has 0 amide bonds. The normalized spacial score (nSPS) is 13.3.